The first-order chi connectivity index (χ1) is 9.42. The molecule has 106 valence electrons. The summed E-state index contributed by atoms with van der Waals surface area (Å²) in [5.74, 6) is -0.315. The normalized spacial score (nSPS) is 10.5. The largest absolute Gasteiger partial charge is 0.433 e. The van der Waals surface area contributed by atoms with Gasteiger partial charge in [0.05, 0.1) is 12.1 Å². The third-order valence-corrected chi connectivity index (χ3v) is 2.19. The number of nitriles is 2. The van der Waals surface area contributed by atoms with Crippen LogP contribution in [0.25, 0.3) is 0 Å². The number of rotatable bonds is 5. The first kappa shape index (κ1) is 15.5. The summed E-state index contributed by atoms with van der Waals surface area (Å²) >= 11 is 0. The molecule has 1 N–H and O–H groups in total. The number of alkyl halides is 3. The van der Waals surface area contributed by atoms with Crippen molar-refractivity contribution < 1.29 is 13.2 Å². The van der Waals surface area contributed by atoms with Crippen LogP contribution in [-0.4, -0.2) is 29.6 Å². The zero-order valence-corrected chi connectivity index (χ0v) is 10.6. The molecule has 0 aliphatic heterocycles. The predicted octanol–water partition coefficient (Wildman–Crippen LogP) is 1.78. The summed E-state index contributed by atoms with van der Waals surface area (Å²) in [6.45, 7) is 1.55. The Bertz CT molecular complexity index is 527. The third kappa shape index (κ3) is 3.99. The van der Waals surface area contributed by atoms with Crippen molar-refractivity contribution in [2.45, 2.75) is 13.1 Å². The number of hydrogen-bond acceptors (Lipinski definition) is 6. The lowest BCUT2D eigenvalue weighted by Gasteiger charge is -2.19. The number of nitrogens with zero attached hydrogens (tertiary/aromatic N) is 5. The first-order valence-corrected chi connectivity index (χ1v) is 5.61. The molecular formula is C11H11F3N6. The molecule has 0 saturated carbocycles. The molecule has 6 nitrogen and oxygen atoms in total. The number of nitrogens with one attached hydrogen (secondary N) is 1. The third-order valence-electron chi connectivity index (χ3n) is 2.19. The SMILES string of the molecule is CCNc1nc(N(CC#N)CC#N)cc(C(F)(F)F)n1. The maximum Gasteiger partial charge on any atom is 0.433 e. The van der Waals surface area contributed by atoms with Crippen LogP contribution in [0.15, 0.2) is 6.07 Å². The van der Waals surface area contributed by atoms with Gasteiger partial charge in [0.25, 0.3) is 0 Å². The first-order valence-electron chi connectivity index (χ1n) is 5.61. The minimum atomic E-state index is -4.63. The lowest BCUT2D eigenvalue weighted by molar-refractivity contribution is -0.141. The highest BCUT2D eigenvalue weighted by molar-refractivity contribution is 5.47. The molecule has 0 amide bonds. The van der Waals surface area contributed by atoms with E-state index in [9.17, 15) is 13.2 Å². The Morgan fingerprint density at radius 2 is 1.85 bits per heavy atom. The van der Waals surface area contributed by atoms with Crippen molar-refractivity contribution in [3.8, 4) is 12.1 Å². The molecule has 1 aromatic heterocycles. The molecule has 1 heterocycles. The van der Waals surface area contributed by atoms with Crippen LogP contribution in [0, 0.1) is 22.7 Å². The molecule has 1 aromatic rings. The van der Waals surface area contributed by atoms with E-state index in [1.165, 1.54) is 0 Å². The van der Waals surface area contributed by atoms with Crippen molar-refractivity contribution in [2.24, 2.45) is 0 Å². The van der Waals surface area contributed by atoms with Gasteiger partial charge >= 0.3 is 6.18 Å². The summed E-state index contributed by atoms with van der Waals surface area (Å²) in [6.07, 6.45) is -4.63. The highest BCUT2D eigenvalue weighted by Crippen LogP contribution is 2.30. The van der Waals surface area contributed by atoms with Gasteiger partial charge in [0.15, 0.2) is 5.69 Å². The average molecular weight is 284 g/mol. The van der Waals surface area contributed by atoms with Crippen molar-refractivity contribution in [1.82, 2.24) is 9.97 Å². The lowest BCUT2D eigenvalue weighted by atomic mass is 10.3. The Morgan fingerprint density at radius 3 is 2.30 bits per heavy atom. The second-order valence-corrected chi connectivity index (χ2v) is 3.64. The summed E-state index contributed by atoms with van der Waals surface area (Å²) in [4.78, 5) is 8.37. The van der Waals surface area contributed by atoms with Gasteiger partial charge in [-0.15, -0.1) is 0 Å². The second kappa shape index (κ2) is 6.57. The summed E-state index contributed by atoms with van der Waals surface area (Å²) in [7, 11) is 0. The zero-order valence-electron chi connectivity index (χ0n) is 10.6. The van der Waals surface area contributed by atoms with E-state index in [-0.39, 0.29) is 24.9 Å². The molecule has 1 rings (SSSR count). The second-order valence-electron chi connectivity index (χ2n) is 3.64. The van der Waals surface area contributed by atoms with Crippen LogP contribution in [0.4, 0.5) is 24.9 Å². The Hall–Kier alpha value is -2.55. The van der Waals surface area contributed by atoms with Gasteiger partial charge in [-0.3, -0.25) is 0 Å². The van der Waals surface area contributed by atoms with E-state index in [1.807, 2.05) is 0 Å². The van der Waals surface area contributed by atoms with Crippen LogP contribution in [0.2, 0.25) is 0 Å². The fourth-order valence-electron chi connectivity index (χ4n) is 1.37. The van der Waals surface area contributed by atoms with Crippen LogP contribution in [-0.2, 0) is 6.18 Å². The summed E-state index contributed by atoms with van der Waals surface area (Å²) < 4.78 is 38.3. The minimum absolute atomic E-state index is 0.119. The van der Waals surface area contributed by atoms with Crippen molar-refractivity contribution in [2.75, 3.05) is 29.9 Å². The van der Waals surface area contributed by atoms with Gasteiger partial charge in [-0.1, -0.05) is 0 Å². The molecule has 0 spiro atoms. The Labute approximate surface area is 113 Å². The minimum Gasteiger partial charge on any atom is -0.354 e. The van der Waals surface area contributed by atoms with Crippen LogP contribution in [0.5, 0.6) is 0 Å². The van der Waals surface area contributed by atoms with Crippen LogP contribution in [0.1, 0.15) is 12.6 Å². The van der Waals surface area contributed by atoms with E-state index in [0.29, 0.717) is 6.54 Å². The van der Waals surface area contributed by atoms with Gasteiger partial charge in [-0.2, -0.15) is 28.7 Å². The van der Waals surface area contributed by atoms with E-state index >= 15 is 0 Å². The topological polar surface area (TPSA) is 88.6 Å². The molecule has 0 fully saturated rings. The van der Waals surface area contributed by atoms with Crippen molar-refractivity contribution in [1.29, 1.82) is 10.5 Å². The van der Waals surface area contributed by atoms with Crippen molar-refractivity contribution in [3.63, 3.8) is 0 Å². The maximum atomic E-state index is 12.8. The van der Waals surface area contributed by atoms with Crippen LogP contribution >= 0.6 is 0 Å². The Morgan fingerprint density at radius 1 is 1.25 bits per heavy atom. The van der Waals surface area contributed by atoms with Gasteiger partial charge < -0.3 is 10.2 Å². The van der Waals surface area contributed by atoms with Crippen LogP contribution < -0.4 is 10.2 Å². The molecule has 0 aliphatic carbocycles. The average Bonchev–Trinajstić information content (AvgIpc) is 2.37. The number of anilines is 2. The molecule has 0 atom stereocenters. The van der Waals surface area contributed by atoms with E-state index in [1.54, 1.807) is 19.1 Å². The molecule has 0 radical (unpaired) electrons. The molecule has 0 aliphatic rings. The molecule has 0 aromatic carbocycles. The number of hydrogen-bond donors (Lipinski definition) is 1. The molecular weight excluding hydrogens is 273 g/mol. The summed E-state index contributed by atoms with van der Waals surface area (Å²) in [5, 5.41) is 19.9. The standard InChI is InChI=1S/C11H11F3N6/c1-2-17-10-18-8(11(12,13)14)7-9(19-10)20(5-3-15)6-4-16/h7H,2,5-6H2,1H3,(H,17,18,19). The predicted molar refractivity (Wildman–Crippen MR) is 64.6 cm³/mol. The number of halogens is 3. The molecule has 0 bridgehead atoms. The van der Waals surface area contributed by atoms with E-state index in [0.717, 1.165) is 11.0 Å². The highest BCUT2D eigenvalue weighted by atomic mass is 19.4. The lowest BCUT2D eigenvalue weighted by Crippen LogP contribution is -2.26. The van der Waals surface area contributed by atoms with Gasteiger partial charge in [0.1, 0.15) is 18.9 Å². The van der Waals surface area contributed by atoms with Crippen LogP contribution in [0.3, 0.4) is 0 Å². The quantitative estimate of drug-likeness (QED) is 0.829. The van der Waals surface area contributed by atoms with Gasteiger partial charge in [-0.25, -0.2) is 4.98 Å². The Balaban J connectivity index is 3.27. The maximum absolute atomic E-state index is 12.8. The van der Waals surface area contributed by atoms with E-state index < -0.39 is 11.9 Å². The molecule has 9 heteroatoms. The molecule has 20 heavy (non-hydrogen) atoms. The smallest absolute Gasteiger partial charge is 0.354 e. The molecule has 0 saturated heterocycles. The number of aromatic nitrogens is 2. The summed E-state index contributed by atoms with van der Waals surface area (Å²) in [5.41, 5.74) is -1.13. The zero-order chi connectivity index (χ0) is 15.2. The fraction of sp³-hybridized carbons (Fsp3) is 0.455. The van der Waals surface area contributed by atoms with Crippen molar-refractivity contribution in [3.05, 3.63) is 11.8 Å². The van der Waals surface area contributed by atoms with E-state index in [2.05, 4.69) is 15.3 Å². The monoisotopic (exact) mass is 284 g/mol. The van der Waals surface area contributed by atoms with E-state index in [4.69, 9.17) is 10.5 Å². The molecule has 0 unspecified atom stereocenters. The fourth-order valence-corrected chi connectivity index (χ4v) is 1.37. The van der Waals surface area contributed by atoms with Gasteiger partial charge in [0, 0.05) is 12.6 Å². The Kier molecular flexibility index (Phi) is 5.09. The highest BCUT2D eigenvalue weighted by Gasteiger charge is 2.34. The summed E-state index contributed by atoms with van der Waals surface area (Å²) in [6, 6.07) is 4.26. The van der Waals surface area contributed by atoms with Gasteiger partial charge in [-0.05, 0) is 6.92 Å². The van der Waals surface area contributed by atoms with Gasteiger partial charge in [0.2, 0.25) is 5.95 Å². The van der Waals surface area contributed by atoms with Crippen molar-refractivity contribution >= 4 is 11.8 Å².